The molecular formula is C18H28ClNO. The number of ether oxygens (including phenoxy) is 1. The van der Waals surface area contributed by atoms with Gasteiger partial charge in [0.1, 0.15) is 0 Å². The van der Waals surface area contributed by atoms with Crippen molar-refractivity contribution < 1.29 is 4.74 Å². The molecule has 0 aliphatic carbocycles. The summed E-state index contributed by atoms with van der Waals surface area (Å²) in [6, 6.07) is 8.79. The van der Waals surface area contributed by atoms with Crippen LogP contribution in [-0.2, 0) is 11.2 Å². The summed E-state index contributed by atoms with van der Waals surface area (Å²) in [6.45, 7) is 4.27. The Labute approximate surface area is 134 Å². The lowest BCUT2D eigenvalue weighted by atomic mass is 9.99. The summed E-state index contributed by atoms with van der Waals surface area (Å²) in [7, 11) is 0. The van der Waals surface area contributed by atoms with Crippen LogP contribution in [0.2, 0.25) is 5.02 Å². The molecule has 1 fully saturated rings. The smallest absolute Gasteiger partial charge is 0.0576 e. The zero-order valence-corrected chi connectivity index (χ0v) is 13.9. The second kappa shape index (κ2) is 9.45. The van der Waals surface area contributed by atoms with Crippen molar-refractivity contribution in [2.45, 2.75) is 64.0 Å². The molecule has 1 N–H and O–H groups in total. The van der Waals surface area contributed by atoms with E-state index in [1.807, 2.05) is 12.1 Å². The van der Waals surface area contributed by atoms with Crippen LogP contribution in [0.3, 0.4) is 0 Å². The molecular weight excluding hydrogens is 282 g/mol. The van der Waals surface area contributed by atoms with Gasteiger partial charge in [-0.25, -0.2) is 0 Å². The van der Waals surface area contributed by atoms with E-state index in [9.17, 15) is 0 Å². The van der Waals surface area contributed by atoms with Crippen LogP contribution in [0.4, 0.5) is 0 Å². The highest BCUT2D eigenvalue weighted by Gasteiger charge is 2.16. The predicted molar refractivity (Wildman–Crippen MR) is 90.1 cm³/mol. The molecule has 0 bridgehead atoms. The maximum Gasteiger partial charge on any atom is 0.0576 e. The summed E-state index contributed by atoms with van der Waals surface area (Å²) in [4.78, 5) is 0. The molecule has 118 valence electrons. The first kappa shape index (κ1) is 16.8. The average molecular weight is 310 g/mol. The summed E-state index contributed by atoms with van der Waals surface area (Å²) >= 11 is 6.09. The Kier molecular flexibility index (Phi) is 7.56. The van der Waals surface area contributed by atoms with E-state index in [-0.39, 0.29) is 0 Å². The van der Waals surface area contributed by atoms with Crippen LogP contribution in [0, 0.1) is 0 Å². The molecule has 2 unspecified atom stereocenters. The zero-order chi connectivity index (χ0) is 14.9. The minimum atomic E-state index is 0.517. The fourth-order valence-electron chi connectivity index (χ4n) is 3.04. The van der Waals surface area contributed by atoms with Crippen molar-refractivity contribution in [2.24, 2.45) is 0 Å². The number of hydrogen-bond acceptors (Lipinski definition) is 2. The molecule has 1 aromatic rings. The van der Waals surface area contributed by atoms with Gasteiger partial charge in [-0.15, -0.1) is 0 Å². The van der Waals surface area contributed by atoms with Gasteiger partial charge < -0.3 is 10.1 Å². The summed E-state index contributed by atoms with van der Waals surface area (Å²) in [5.41, 5.74) is 1.33. The second-order valence-corrected chi connectivity index (χ2v) is 6.49. The third kappa shape index (κ3) is 6.37. The van der Waals surface area contributed by atoms with Crippen molar-refractivity contribution in [1.29, 1.82) is 0 Å². The average Bonchev–Trinajstić information content (AvgIpc) is 2.98. The Morgan fingerprint density at radius 3 is 3.05 bits per heavy atom. The fourth-order valence-corrected chi connectivity index (χ4v) is 3.25. The topological polar surface area (TPSA) is 21.3 Å². The van der Waals surface area contributed by atoms with Crippen molar-refractivity contribution in [3.8, 4) is 0 Å². The Morgan fingerprint density at radius 2 is 2.33 bits per heavy atom. The molecule has 1 aromatic carbocycles. The van der Waals surface area contributed by atoms with Gasteiger partial charge in [-0.3, -0.25) is 0 Å². The van der Waals surface area contributed by atoms with Crippen molar-refractivity contribution >= 4 is 11.6 Å². The molecule has 21 heavy (non-hydrogen) atoms. The molecule has 0 spiro atoms. The monoisotopic (exact) mass is 309 g/mol. The summed E-state index contributed by atoms with van der Waals surface area (Å²) in [6.07, 6.45) is 8.91. The van der Waals surface area contributed by atoms with E-state index in [0.717, 1.165) is 24.6 Å². The molecule has 0 radical (unpaired) electrons. The molecule has 1 aliphatic rings. The Hall–Kier alpha value is -0.570. The number of hydrogen-bond donors (Lipinski definition) is 1. The number of halogens is 1. The van der Waals surface area contributed by atoms with E-state index in [4.69, 9.17) is 16.3 Å². The van der Waals surface area contributed by atoms with Gasteiger partial charge in [-0.1, -0.05) is 30.7 Å². The Bertz CT molecular complexity index is 404. The van der Waals surface area contributed by atoms with Gasteiger partial charge in [-0.05, 0) is 69.2 Å². The van der Waals surface area contributed by atoms with Gasteiger partial charge in [-0.2, -0.15) is 0 Å². The highest BCUT2D eigenvalue weighted by atomic mass is 35.5. The van der Waals surface area contributed by atoms with Crippen LogP contribution in [0.15, 0.2) is 24.3 Å². The number of benzene rings is 1. The standard InChI is InChI=1S/C18H28ClNO/c1-2-11-20-17(8-4-9-18-10-5-12-21-18)14-15-6-3-7-16(19)13-15/h3,6-7,13,17-18,20H,2,4-5,8-12,14H2,1H3. The molecule has 0 aromatic heterocycles. The van der Waals surface area contributed by atoms with Crippen molar-refractivity contribution in [1.82, 2.24) is 5.32 Å². The van der Waals surface area contributed by atoms with Crippen LogP contribution in [0.5, 0.6) is 0 Å². The van der Waals surface area contributed by atoms with E-state index in [2.05, 4.69) is 24.4 Å². The Balaban J connectivity index is 1.78. The fraction of sp³-hybridized carbons (Fsp3) is 0.667. The van der Waals surface area contributed by atoms with Gasteiger partial charge in [0, 0.05) is 17.7 Å². The van der Waals surface area contributed by atoms with Crippen LogP contribution in [-0.4, -0.2) is 25.3 Å². The predicted octanol–water partition coefficient (Wildman–Crippen LogP) is 4.60. The zero-order valence-electron chi connectivity index (χ0n) is 13.1. The third-order valence-electron chi connectivity index (χ3n) is 4.16. The first-order valence-electron chi connectivity index (χ1n) is 8.37. The quantitative estimate of drug-likeness (QED) is 0.720. The van der Waals surface area contributed by atoms with E-state index >= 15 is 0 Å². The van der Waals surface area contributed by atoms with Gasteiger partial charge in [0.25, 0.3) is 0 Å². The highest BCUT2D eigenvalue weighted by molar-refractivity contribution is 6.30. The lowest BCUT2D eigenvalue weighted by molar-refractivity contribution is 0.101. The number of rotatable bonds is 9. The molecule has 2 atom stereocenters. The maximum atomic E-state index is 6.09. The van der Waals surface area contributed by atoms with Gasteiger partial charge >= 0.3 is 0 Å². The first-order chi connectivity index (χ1) is 10.3. The molecule has 3 heteroatoms. The highest BCUT2D eigenvalue weighted by Crippen LogP contribution is 2.19. The van der Waals surface area contributed by atoms with Crippen molar-refractivity contribution in [2.75, 3.05) is 13.2 Å². The van der Waals surface area contributed by atoms with Crippen LogP contribution in [0.1, 0.15) is 51.0 Å². The van der Waals surface area contributed by atoms with Crippen LogP contribution >= 0.6 is 11.6 Å². The van der Waals surface area contributed by atoms with E-state index in [0.29, 0.717) is 12.1 Å². The van der Waals surface area contributed by atoms with Crippen LogP contribution < -0.4 is 5.32 Å². The lowest BCUT2D eigenvalue weighted by Gasteiger charge is -2.19. The summed E-state index contributed by atoms with van der Waals surface area (Å²) in [5, 5.41) is 4.51. The maximum absolute atomic E-state index is 6.09. The third-order valence-corrected chi connectivity index (χ3v) is 4.39. The summed E-state index contributed by atoms with van der Waals surface area (Å²) in [5.74, 6) is 0. The van der Waals surface area contributed by atoms with Crippen LogP contribution in [0.25, 0.3) is 0 Å². The molecule has 2 nitrogen and oxygen atoms in total. The summed E-state index contributed by atoms with van der Waals surface area (Å²) < 4.78 is 5.71. The molecule has 0 amide bonds. The normalized spacial score (nSPS) is 19.8. The largest absolute Gasteiger partial charge is 0.378 e. The molecule has 1 aliphatic heterocycles. The second-order valence-electron chi connectivity index (χ2n) is 6.05. The SMILES string of the molecule is CCCNC(CCCC1CCCO1)Cc1cccc(Cl)c1. The number of nitrogens with one attached hydrogen (secondary N) is 1. The molecule has 2 rings (SSSR count). The molecule has 1 saturated heterocycles. The lowest BCUT2D eigenvalue weighted by Crippen LogP contribution is -2.32. The van der Waals surface area contributed by atoms with Gasteiger partial charge in [0.2, 0.25) is 0 Å². The van der Waals surface area contributed by atoms with E-state index in [1.54, 1.807) is 0 Å². The molecule has 0 saturated carbocycles. The minimum absolute atomic E-state index is 0.517. The van der Waals surface area contributed by atoms with E-state index < -0.39 is 0 Å². The van der Waals surface area contributed by atoms with E-state index in [1.165, 1.54) is 44.1 Å². The minimum Gasteiger partial charge on any atom is -0.378 e. The van der Waals surface area contributed by atoms with Crippen molar-refractivity contribution in [3.63, 3.8) is 0 Å². The van der Waals surface area contributed by atoms with Gasteiger partial charge in [0.15, 0.2) is 0 Å². The Morgan fingerprint density at radius 1 is 1.43 bits per heavy atom. The van der Waals surface area contributed by atoms with Crippen molar-refractivity contribution in [3.05, 3.63) is 34.9 Å². The van der Waals surface area contributed by atoms with Gasteiger partial charge in [0.05, 0.1) is 6.10 Å². The first-order valence-corrected chi connectivity index (χ1v) is 8.75. The molecule has 1 heterocycles.